The minimum Gasteiger partial charge on any atom is -0.508 e. The van der Waals surface area contributed by atoms with Gasteiger partial charge in [-0.1, -0.05) is 43.1 Å². The van der Waals surface area contributed by atoms with E-state index < -0.39 is 16.6 Å². The molecule has 178 valence electrons. The number of nitrogens with zero attached hydrogens (tertiary/aromatic N) is 2. The molecule has 3 aromatic rings. The first kappa shape index (κ1) is 24.9. The van der Waals surface area contributed by atoms with Crippen molar-refractivity contribution in [2.24, 2.45) is 0 Å². The summed E-state index contributed by atoms with van der Waals surface area (Å²) in [6, 6.07) is 8.69. The number of aromatic nitrogens is 1. The van der Waals surface area contributed by atoms with Crippen molar-refractivity contribution in [3.63, 3.8) is 0 Å². The number of aryl methyl sites for hydroxylation is 1. The lowest BCUT2D eigenvalue weighted by Crippen LogP contribution is -2.31. The summed E-state index contributed by atoms with van der Waals surface area (Å²) in [7, 11) is 0. The van der Waals surface area contributed by atoms with E-state index in [2.05, 4.69) is 0 Å². The van der Waals surface area contributed by atoms with Gasteiger partial charge in [-0.2, -0.15) is 0 Å². The number of carboxylic acids is 1. The Hall–Kier alpha value is -2.26. The predicted molar refractivity (Wildman–Crippen MR) is 138 cm³/mol. The van der Waals surface area contributed by atoms with Gasteiger partial charge in [0.2, 0.25) is 5.91 Å². The van der Waals surface area contributed by atoms with Gasteiger partial charge in [0.05, 0.1) is 17.4 Å². The summed E-state index contributed by atoms with van der Waals surface area (Å²) in [5.74, 6) is -1.00. The van der Waals surface area contributed by atoms with Gasteiger partial charge in [0, 0.05) is 26.6 Å². The summed E-state index contributed by atoms with van der Waals surface area (Å²) in [6.07, 6.45) is -0.297. The van der Waals surface area contributed by atoms with Gasteiger partial charge in [0.25, 0.3) is 0 Å². The van der Waals surface area contributed by atoms with Crippen LogP contribution in [0.2, 0.25) is 10.0 Å². The van der Waals surface area contributed by atoms with Crippen LogP contribution in [-0.2, 0) is 9.59 Å². The van der Waals surface area contributed by atoms with Crippen LogP contribution >= 0.6 is 46.3 Å². The minimum absolute atomic E-state index is 0.127. The number of amides is 1. The molecule has 2 heterocycles. The average Bonchev–Trinajstić information content (AvgIpc) is 3.32. The van der Waals surface area contributed by atoms with Crippen LogP contribution in [0.25, 0.3) is 11.3 Å². The second-order valence-corrected chi connectivity index (χ2v) is 11.3. The van der Waals surface area contributed by atoms with Crippen molar-refractivity contribution >= 4 is 63.3 Å². The van der Waals surface area contributed by atoms with E-state index in [9.17, 15) is 19.8 Å². The number of halogens is 2. The van der Waals surface area contributed by atoms with Gasteiger partial charge < -0.3 is 10.2 Å². The number of carbonyl (C=O) groups excluding carboxylic acids is 1. The highest BCUT2D eigenvalue weighted by molar-refractivity contribution is 8.01. The zero-order valence-electron chi connectivity index (χ0n) is 18.6. The van der Waals surface area contributed by atoms with E-state index in [-0.39, 0.29) is 24.0 Å². The first-order valence-corrected chi connectivity index (χ1v) is 13.1. The van der Waals surface area contributed by atoms with Gasteiger partial charge in [-0.3, -0.25) is 14.5 Å². The SMILES string of the molecule is Cc1cc(O)c(C(C)C)cc1-c1csc(N2C(=O)C(CC(=O)O)SC2c2ccc(Cl)cc2Cl)n1. The molecule has 1 amide bonds. The first-order chi connectivity index (χ1) is 16.1. The Kier molecular flexibility index (Phi) is 7.14. The standard InChI is InChI=1S/C24H22Cl2N2O4S2/c1-11(2)15-8-16(12(3)6-19(15)29)18-10-33-24(27-18)28-22(32)20(9-21(30)31)34-23(28)14-5-4-13(25)7-17(14)26/h4-8,10-11,20,23,29H,9H2,1-3H3,(H,30,31). The van der Waals surface area contributed by atoms with Crippen LogP contribution in [0.5, 0.6) is 5.75 Å². The fourth-order valence-electron chi connectivity index (χ4n) is 3.89. The Morgan fingerprint density at radius 2 is 1.97 bits per heavy atom. The number of rotatable bonds is 6. The lowest BCUT2D eigenvalue weighted by atomic mass is 9.95. The molecule has 1 saturated heterocycles. The summed E-state index contributed by atoms with van der Waals surface area (Å²) < 4.78 is 0. The van der Waals surface area contributed by atoms with E-state index in [1.165, 1.54) is 28.0 Å². The minimum atomic E-state index is -1.05. The molecule has 2 unspecified atom stereocenters. The van der Waals surface area contributed by atoms with Gasteiger partial charge in [0.15, 0.2) is 5.13 Å². The summed E-state index contributed by atoms with van der Waals surface area (Å²) in [6.45, 7) is 5.90. The smallest absolute Gasteiger partial charge is 0.305 e. The average molecular weight is 537 g/mol. The van der Waals surface area contributed by atoms with Crippen LogP contribution < -0.4 is 4.90 Å². The lowest BCUT2D eigenvalue weighted by molar-refractivity contribution is -0.138. The highest BCUT2D eigenvalue weighted by Crippen LogP contribution is 2.50. The van der Waals surface area contributed by atoms with Gasteiger partial charge >= 0.3 is 5.97 Å². The van der Waals surface area contributed by atoms with Crippen molar-refractivity contribution < 1.29 is 19.8 Å². The summed E-state index contributed by atoms with van der Waals surface area (Å²) >= 11 is 15.1. The van der Waals surface area contributed by atoms with E-state index in [4.69, 9.17) is 28.2 Å². The number of aromatic hydroxyl groups is 1. The van der Waals surface area contributed by atoms with Gasteiger partial charge in [-0.15, -0.1) is 23.1 Å². The molecule has 0 bridgehead atoms. The Morgan fingerprint density at radius 3 is 2.62 bits per heavy atom. The molecule has 2 aromatic carbocycles. The predicted octanol–water partition coefficient (Wildman–Crippen LogP) is 6.88. The summed E-state index contributed by atoms with van der Waals surface area (Å²) in [4.78, 5) is 31.0. The number of thioether (sulfide) groups is 1. The van der Waals surface area contributed by atoms with Crippen LogP contribution in [0.4, 0.5) is 5.13 Å². The highest BCUT2D eigenvalue weighted by Gasteiger charge is 2.44. The molecule has 10 heteroatoms. The number of hydrogen-bond donors (Lipinski definition) is 2. The number of aliphatic carboxylic acids is 1. The number of carboxylic acid groups (broad SMARTS) is 1. The number of carbonyl (C=O) groups is 2. The number of thiazole rings is 1. The zero-order valence-corrected chi connectivity index (χ0v) is 21.7. The van der Waals surface area contributed by atoms with Crippen molar-refractivity contribution in [1.82, 2.24) is 4.98 Å². The molecule has 34 heavy (non-hydrogen) atoms. The monoisotopic (exact) mass is 536 g/mol. The number of anilines is 1. The second-order valence-electron chi connectivity index (χ2n) is 8.34. The number of benzene rings is 2. The van der Waals surface area contributed by atoms with Crippen LogP contribution in [0.15, 0.2) is 35.7 Å². The Morgan fingerprint density at radius 1 is 1.24 bits per heavy atom. The third kappa shape index (κ3) is 4.77. The summed E-state index contributed by atoms with van der Waals surface area (Å²) in [5, 5.41) is 21.5. The maximum Gasteiger partial charge on any atom is 0.305 e. The van der Waals surface area contributed by atoms with Crippen LogP contribution in [0.1, 0.15) is 48.3 Å². The topological polar surface area (TPSA) is 90.7 Å². The Balaban J connectivity index is 1.77. The molecule has 0 aliphatic carbocycles. The summed E-state index contributed by atoms with van der Waals surface area (Å²) in [5.41, 5.74) is 3.89. The molecule has 2 N–H and O–H groups in total. The molecule has 6 nitrogen and oxygen atoms in total. The van der Waals surface area contributed by atoms with Crippen molar-refractivity contribution in [2.45, 2.75) is 43.7 Å². The largest absolute Gasteiger partial charge is 0.508 e. The molecule has 1 fully saturated rings. The molecular formula is C24H22Cl2N2O4S2. The zero-order chi connectivity index (χ0) is 24.7. The van der Waals surface area contributed by atoms with Crippen molar-refractivity contribution in [3.8, 4) is 17.0 Å². The van der Waals surface area contributed by atoms with E-state index >= 15 is 0 Å². The molecule has 1 aliphatic rings. The molecule has 0 spiro atoms. The van der Waals surface area contributed by atoms with Crippen molar-refractivity contribution in [1.29, 1.82) is 0 Å². The van der Waals surface area contributed by atoms with Crippen molar-refractivity contribution in [3.05, 3.63) is 62.4 Å². The van der Waals surface area contributed by atoms with Gasteiger partial charge in [0.1, 0.15) is 11.1 Å². The molecule has 0 saturated carbocycles. The maximum absolute atomic E-state index is 13.3. The molecule has 1 aliphatic heterocycles. The van der Waals surface area contributed by atoms with Crippen LogP contribution in [0.3, 0.4) is 0 Å². The molecule has 4 rings (SSSR count). The van der Waals surface area contributed by atoms with Gasteiger partial charge in [-0.05, 0) is 48.2 Å². The molecule has 0 radical (unpaired) electrons. The molecule has 2 atom stereocenters. The lowest BCUT2D eigenvalue weighted by Gasteiger charge is -2.22. The number of phenols is 1. The third-order valence-electron chi connectivity index (χ3n) is 5.60. The third-order valence-corrected chi connectivity index (χ3v) is 8.42. The first-order valence-electron chi connectivity index (χ1n) is 10.5. The fourth-order valence-corrected chi connectivity index (χ4v) is 6.85. The Labute approximate surface area is 215 Å². The quantitative estimate of drug-likeness (QED) is 0.356. The second kappa shape index (κ2) is 9.77. The van der Waals surface area contributed by atoms with Gasteiger partial charge in [-0.25, -0.2) is 4.98 Å². The normalized spacial score (nSPS) is 18.2. The van der Waals surface area contributed by atoms with E-state index in [0.717, 1.165) is 16.7 Å². The van der Waals surface area contributed by atoms with Crippen molar-refractivity contribution in [2.75, 3.05) is 4.90 Å². The molecular weight excluding hydrogens is 515 g/mol. The van der Waals surface area contributed by atoms with E-state index in [0.29, 0.717) is 26.4 Å². The van der Waals surface area contributed by atoms with E-state index in [1.807, 2.05) is 32.2 Å². The van der Waals surface area contributed by atoms with Crippen LogP contribution in [-0.4, -0.2) is 32.3 Å². The molecule has 1 aromatic heterocycles. The Bertz CT molecular complexity index is 1280. The maximum atomic E-state index is 13.3. The highest BCUT2D eigenvalue weighted by atomic mass is 35.5. The number of hydrogen-bond acceptors (Lipinski definition) is 6. The van der Waals surface area contributed by atoms with Crippen LogP contribution in [0, 0.1) is 6.92 Å². The number of phenolic OH excluding ortho intramolecular Hbond substituents is 1. The fraction of sp³-hybridized carbons (Fsp3) is 0.292. The van der Waals surface area contributed by atoms with E-state index in [1.54, 1.807) is 24.3 Å².